The van der Waals surface area contributed by atoms with Gasteiger partial charge in [-0.1, -0.05) is 19.1 Å². The van der Waals surface area contributed by atoms with Crippen LogP contribution < -0.4 is 5.73 Å². The predicted molar refractivity (Wildman–Crippen MR) is 61.7 cm³/mol. The summed E-state index contributed by atoms with van der Waals surface area (Å²) in [5.74, 6) is 0.00206. The highest BCUT2D eigenvalue weighted by Gasteiger charge is 2.25. The first kappa shape index (κ1) is 13.1. The Kier molecular flexibility index (Phi) is 3.70. The molecule has 0 fully saturated rings. The number of benzene rings is 1. The Morgan fingerprint density at radius 1 is 1.44 bits per heavy atom. The van der Waals surface area contributed by atoms with E-state index in [1.165, 1.54) is 25.1 Å². The standard InChI is InChI=1S/C11H16FNO2S/c1-3-16(14,15)10-6-4-5-9(7-10)11(2,12)8-13/h4-7H,3,8,13H2,1-2H3. The van der Waals surface area contributed by atoms with Crippen LogP contribution in [0.3, 0.4) is 0 Å². The predicted octanol–water partition coefficient (Wildman–Crippen LogP) is 1.62. The van der Waals surface area contributed by atoms with Crippen LogP contribution in [0.25, 0.3) is 0 Å². The van der Waals surface area contributed by atoms with Crippen molar-refractivity contribution >= 4 is 9.84 Å². The van der Waals surface area contributed by atoms with Crippen LogP contribution >= 0.6 is 0 Å². The molecular formula is C11H16FNO2S. The van der Waals surface area contributed by atoms with Gasteiger partial charge in [0.1, 0.15) is 5.67 Å². The Morgan fingerprint density at radius 3 is 2.56 bits per heavy atom. The number of hydrogen-bond acceptors (Lipinski definition) is 3. The van der Waals surface area contributed by atoms with Gasteiger partial charge < -0.3 is 5.73 Å². The fourth-order valence-corrected chi connectivity index (χ4v) is 2.22. The zero-order chi connectivity index (χ0) is 12.4. The van der Waals surface area contributed by atoms with Crippen molar-refractivity contribution in [1.82, 2.24) is 0 Å². The summed E-state index contributed by atoms with van der Waals surface area (Å²) >= 11 is 0. The van der Waals surface area contributed by atoms with E-state index in [0.717, 1.165) is 0 Å². The maximum atomic E-state index is 13.9. The van der Waals surface area contributed by atoms with E-state index in [1.54, 1.807) is 13.0 Å². The first-order chi connectivity index (χ1) is 7.33. The van der Waals surface area contributed by atoms with Crippen LogP contribution in [0.5, 0.6) is 0 Å². The zero-order valence-corrected chi connectivity index (χ0v) is 10.2. The molecule has 0 bridgehead atoms. The lowest BCUT2D eigenvalue weighted by molar-refractivity contribution is 0.203. The number of sulfone groups is 1. The quantitative estimate of drug-likeness (QED) is 0.877. The fourth-order valence-electron chi connectivity index (χ4n) is 1.30. The molecule has 1 rings (SSSR count). The molecule has 0 saturated carbocycles. The van der Waals surface area contributed by atoms with E-state index in [-0.39, 0.29) is 17.2 Å². The molecule has 0 heterocycles. The van der Waals surface area contributed by atoms with Crippen LogP contribution in [-0.4, -0.2) is 20.7 Å². The summed E-state index contributed by atoms with van der Waals surface area (Å²) in [5, 5.41) is 0. The minimum Gasteiger partial charge on any atom is -0.327 e. The largest absolute Gasteiger partial charge is 0.327 e. The first-order valence-corrected chi connectivity index (χ1v) is 6.71. The number of nitrogens with two attached hydrogens (primary N) is 1. The molecule has 0 aliphatic heterocycles. The first-order valence-electron chi connectivity index (χ1n) is 5.06. The lowest BCUT2D eigenvalue weighted by Crippen LogP contribution is -2.26. The molecule has 1 aromatic carbocycles. The zero-order valence-electron chi connectivity index (χ0n) is 9.40. The minimum absolute atomic E-state index is 0.00206. The molecule has 5 heteroatoms. The highest BCUT2D eigenvalue weighted by Crippen LogP contribution is 2.26. The molecule has 1 aromatic rings. The van der Waals surface area contributed by atoms with Gasteiger partial charge in [-0.25, -0.2) is 12.8 Å². The molecule has 0 saturated heterocycles. The van der Waals surface area contributed by atoms with Gasteiger partial charge in [-0.15, -0.1) is 0 Å². The third-order valence-electron chi connectivity index (χ3n) is 2.56. The van der Waals surface area contributed by atoms with E-state index in [4.69, 9.17) is 5.73 Å². The maximum absolute atomic E-state index is 13.9. The second-order valence-corrected chi connectivity index (χ2v) is 6.11. The topological polar surface area (TPSA) is 60.2 Å². The number of halogens is 1. The van der Waals surface area contributed by atoms with E-state index in [1.807, 2.05) is 0 Å². The fraction of sp³-hybridized carbons (Fsp3) is 0.455. The van der Waals surface area contributed by atoms with E-state index < -0.39 is 15.5 Å². The van der Waals surface area contributed by atoms with Crippen LogP contribution in [0.1, 0.15) is 19.4 Å². The number of alkyl halides is 1. The molecule has 16 heavy (non-hydrogen) atoms. The second-order valence-electron chi connectivity index (χ2n) is 3.83. The van der Waals surface area contributed by atoms with Crippen molar-refractivity contribution in [3.8, 4) is 0 Å². The van der Waals surface area contributed by atoms with Crippen molar-refractivity contribution in [1.29, 1.82) is 0 Å². The molecule has 90 valence electrons. The van der Waals surface area contributed by atoms with Gasteiger partial charge >= 0.3 is 0 Å². The summed E-state index contributed by atoms with van der Waals surface area (Å²) in [6.45, 7) is 2.72. The minimum atomic E-state index is -3.30. The van der Waals surface area contributed by atoms with Gasteiger partial charge in [0, 0.05) is 6.54 Å². The number of hydrogen-bond donors (Lipinski definition) is 1. The van der Waals surface area contributed by atoms with Crippen molar-refractivity contribution in [2.24, 2.45) is 5.73 Å². The van der Waals surface area contributed by atoms with Crippen LogP contribution in [-0.2, 0) is 15.5 Å². The Morgan fingerprint density at radius 2 is 2.06 bits per heavy atom. The Hall–Kier alpha value is -0.940. The molecule has 2 N–H and O–H groups in total. The van der Waals surface area contributed by atoms with E-state index >= 15 is 0 Å². The lowest BCUT2D eigenvalue weighted by Gasteiger charge is -2.19. The van der Waals surface area contributed by atoms with Crippen molar-refractivity contribution in [2.75, 3.05) is 12.3 Å². The van der Waals surface area contributed by atoms with Crippen molar-refractivity contribution in [3.63, 3.8) is 0 Å². The van der Waals surface area contributed by atoms with Gasteiger partial charge in [-0.05, 0) is 24.6 Å². The third kappa shape index (κ3) is 2.59. The molecular weight excluding hydrogens is 229 g/mol. The summed E-state index contributed by atoms with van der Waals surface area (Å²) in [6.07, 6.45) is 0. The third-order valence-corrected chi connectivity index (χ3v) is 4.29. The Balaban J connectivity index is 3.25. The summed E-state index contributed by atoms with van der Waals surface area (Å²) in [6, 6.07) is 5.90. The van der Waals surface area contributed by atoms with E-state index in [0.29, 0.717) is 5.56 Å². The average Bonchev–Trinajstić information content (AvgIpc) is 2.29. The molecule has 0 radical (unpaired) electrons. The lowest BCUT2D eigenvalue weighted by atomic mass is 9.98. The van der Waals surface area contributed by atoms with Gasteiger partial charge in [0.05, 0.1) is 10.6 Å². The summed E-state index contributed by atoms with van der Waals surface area (Å²) < 4.78 is 37.1. The van der Waals surface area contributed by atoms with Gasteiger partial charge in [0.25, 0.3) is 0 Å². The van der Waals surface area contributed by atoms with Gasteiger partial charge in [-0.2, -0.15) is 0 Å². The summed E-state index contributed by atoms with van der Waals surface area (Å²) in [4.78, 5) is 0.143. The summed E-state index contributed by atoms with van der Waals surface area (Å²) in [7, 11) is -3.30. The van der Waals surface area contributed by atoms with Crippen LogP contribution in [0.2, 0.25) is 0 Å². The second kappa shape index (κ2) is 4.51. The molecule has 0 aliphatic rings. The normalized spacial score (nSPS) is 15.8. The van der Waals surface area contributed by atoms with E-state index in [9.17, 15) is 12.8 Å². The molecule has 0 aromatic heterocycles. The van der Waals surface area contributed by atoms with Crippen molar-refractivity contribution in [2.45, 2.75) is 24.4 Å². The SMILES string of the molecule is CCS(=O)(=O)c1cccc(C(C)(F)CN)c1. The van der Waals surface area contributed by atoms with Gasteiger partial charge in [0.2, 0.25) is 0 Å². The van der Waals surface area contributed by atoms with Crippen molar-refractivity contribution < 1.29 is 12.8 Å². The maximum Gasteiger partial charge on any atom is 0.178 e. The van der Waals surface area contributed by atoms with Gasteiger partial charge in [0.15, 0.2) is 9.84 Å². The molecule has 0 aliphatic carbocycles. The Bertz CT molecular complexity index is 469. The monoisotopic (exact) mass is 245 g/mol. The number of rotatable bonds is 4. The Labute approximate surface area is 95.4 Å². The van der Waals surface area contributed by atoms with Gasteiger partial charge in [-0.3, -0.25) is 0 Å². The molecule has 1 unspecified atom stereocenters. The van der Waals surface area contributed by atoms with E-state index in [2.05, 4.69) is 0 Å². The highest BCUT2D eigenvalue weighted by molar-refractivity contribution is 7.91. The highest BCUT2D eigenvalue weighted by atomic mass is 32.2. The molecule has 3 nitrogen and oxygen atoms in total. The molecule has 0 spiro atoms. The molecule has 1 atom stereocenters. The smallest absolute Gasteiger partial charge is 0.178 e. The van der Waals surface area contributed by atoms with Crippen LogP contribution in [0.4, 0.5) is 4.39 Å². The summed E-state index contributed by atoms with van der Waals surface area (Å²) in [5.41, 5.74) is 3.91. The average molecular weight is 245 g/mol. The van der Waals surface area contributed by atoms with Crippen LogP contribution in [0.15, 0.2) is 29.2 Å². The van der Waals surface area contributed by atoms with Crippen molar-refractivity contribution in [3.05, 3.63) is 29.8 Å². The van der Waals surface area contributed by atoms with Crippen LogP contribution in [0, 0.1) is 0 Å². The molecule has 0 amide bonds.